The fourth-order valence-electron chi connectivity index (χ4n) is 3.86. The van der Waals surface area contributed by atoms with Gasteiger partial charge in [0.25, 0.3) is 0 Å². The topological polar surface area (TPSA) is 57.7 Å². The lowest BCUT2D eigenvalue weighted by atomic mass is 9.82. The van der Waals surface area contributed by atoms with E-state index in [9.17, 15) is 14.4 Å². The van der Waals surface area contributed by atoms with Crippen molar-refractivity contribution in [1.82, 2.24) is 0 Å². The molecule has 5 heteroatoms. The van der Waals surface area contributed by atoms with Crippen molar-refractivity contribution >= 4 is 28.8 Å². The van der Waals surface area contributed by atoms with Crippen molar-refractivity contribution in [2.75, 3.05) is 29.9 Å². The van der Waals surface area contributed by atoms with Crippen LogP contribution in [0.5, 0.6) is 0 Å². The molecule has 0 saturated carbocycles. The van der Waals surface area contributed by atoms with Gasteiger partial charge in [-0.2, -0.15) is 0 Å². The second-order valence-electron chi connectivity index (χ2n) is 6.83. The third kappa shape index (κ3) is 2.35. The number of nitrogens with zero attached hydrogens (tertiary/aromatic N) is 2. The molecule has 0 unspecified atom stereocenters. The van der Waals surface area contributed by atoms with E-state index in [0.29, 0.717) is 27.9 Å². The van der Waals surface area contributed by atoms with Gasteiger partial charge in [-0.3, -0.25) is 14.4 Å². The van der Waals surface area contributed by atoms with Gasteiger partial charge >= 0.3 is 0 Å². The summed E-state index contributed by atoms with van der Waals surface area (Å²) in [5.41, 5.74) is 2.90. The van der Waals surface area contributed by atoms with Crippen LogP contribution >= 0.6 is 0 Å². The number of amides is 1. The Bertz CT molecular complexity index is 942. The minimum Gasteiger partial charge on any atom is -0.371 e. The van der Waals surface area contributed by atoms with Crippen molar-refractivity contribution in [3.63, 3.8) is 0 Å². The maximum atomic E-state index is 13.3. The number of carbonyl (C=O) groups excluding carboxylic acids is 3. The molecule has 1 amide bonds. The summed E-state index contributed by atoms with van der Waals surface area (Å²) >= 11 is 0. The Balaban J connectivity index is 2.00. The molecule has 0 atom stereocenters. The van der Waals surface area contributed by atoms with E-state index in [1.54, 1.807) is 37.4 Å². The van der Waals surface area contributed by atoms with Gasteiger partial charge in [0.15, 0.2) is 11.6 Å². The van der Waals surface area contributed by atoms with Gasteiger partial charge in [-0.05, 0) is 25.0 Å². The lowest BCUT2D eigenvalue weighted by Gasteiger charge is -2.29. The monoisotopic (exact) mass is 348 g/mol. The van der Waals surface area contributed by atoms with E-state index < -0.39 is 0 Å². The molecule has 1 saturated heterocycles. The summed E-state index contributed by atoms with van der Waals surface area (Å²) in [6, 6.07) is 10.6. The smallest absolute Gasteiger partial charge is 0.223 e. The molecule has 0 aromatic heterocycles. The Kier molecular flexibility index (Phi) is 3.87. The van der Waals surface area contributed by atoms with Gasteiger partial charge in [0.05, 0.1) is 16.8 Å². The first-order valence-electron chi connectivity index (χ1n) is 8.85. The van der Waals surface area contributed by atoms with Gasteiger partial charge in [-0.25, -0.2) is 0 Å². The van der Waals surface area contributed by atoms with Crippen molar-refractivity contribution in [3.8, 4) is 0 Å². The first-order chi connectivity index (χ1) is 12.5. The molecule has 5 nitrogen and oxygen atoms in total. The molecule has 4 rings (SSSR count). The fraction of sp³-hybridized carbons (Fsp3) is 0.286. The number of anilines is 2. The van der Waals surface area contributed by atoms with Crippen LogP contribution in [0.2, 0.25) is 0 Å². The number of benzene rings is 2. The molecule has 132 valence electrons. The number of ketones is 2. The van der Waals surface area contributed by atoms with Gasteiger partial charge < -0.3 is 9.80 Å². The molecule has 1 aliphatic heterocycles. The maximum Gasteiger partial charge on any atom is 0.223 e. The number of hydrogen-bond acceptors (Lipinski definition) is 4. The second-order valence-corrected chi connectivity index (χ2v) is 6.83. The summed E-state index contributed by atoms with van der Waals surface area (Å²) in [4.78, 5) is 42.1. The van der Waals surface area contributed by atoms with Crippen LogP contribution in [0.3, 0.4) is 0 Å². The van der Waals surface area contributed by atoms with Gasteiger partial charge in [0, 0.05) is 43.9 Å². The molecule has 1 heterocycles. The lowest BCUT2D eigenvalue weighted by molar-refractivity contribution is -0.116. The Morgan fingerprint density at radius 1 is 0.923 bits per heavy atom. The molecule has 0 bridgehead atoms. The summed E-state index contributed by atoms with van der Waals surface area (Å²) in [5.74, 6) is -0.518. The van der Waals surface area contributed by atoms with Crippen molar-refractivity contribution < 1.29 is 14.4 Å². The predicted octanol–water partition coefficient (Wildman–Crippen LogP) is 3.04. The largest absolute Gasteiger partial charge is 0.371 e. The standard InChI is InChI=1S/C21H20N2O3/c1-13(24)22(2)16-9-10-17(23-11-5-6-12-23)19-18(16)20(25)14-7-3-4-8-15(14)21(19)26/h3-4,7-10H,5-6,11-12H2,1-2H3. The van der Waals surface area contributed by atoms with Crippen LogP contribution in [0.4, 0.5) is 11.4 Å². The number of carbonyl (C=O) groups is 3. The molecule has 0 radical (unpaired) electrons. The quantitative estimate of drug-likeness (QED) is 0.714. The molecule has 2 aromatic carbocycles. The van der Waals surface area contributed by atoms with Gasteiger partial charge in [-0.1, -0.05) is 24.3 Å². The van der Waals surface area contributed by atoms with Crippen LogP contribution in [0.15, 0.2) is 36.4 Å². The van der Waals surface area contributed by atoms with Gasteiger partial charge in [-0.15, -0.1) is 0 Å². The lowest BCUT2D eigenvalue weighted by Crippen LogP contribution is -2.31. The van der Waals surface area contributed by atoms with E-state index in [2.05, 4.69) is 4.90 Å². The van der Waals surface area contributed by atoms with Gasteiger partial charge in [0.2, 0.25) is 5.91 Å². The minimum atomic E-state index is -0.195. The van der Waals surface area contributed by atoms with Crippen molar-refractivity contribution in [2.45, 2.75) is 19.8 Å². The molecular weight excluding hydrogens is 328 g/mol. The zero-order chi connectivity index (χ0) is 18.4. The summed E-state index contributed by atoms with van der Waals surface area (Å²) in [6.07, 6.45) is 2.14. The highest BCUT2D eigenvalue weighted by atomic mass is 16.2. The summed E-state index contributed by atoms with van der Waals surface area (Å²) in [7, 11) is 1.63. The predicted molar refractivity (Wildman–Crippen MR) is 100 cm³/mol. The average molecular weight is 348 g/mol. The molecular formula is C21H20N2O3. The van der Waals surface area contributed by atoms with E-state index in [1.165, 1.54) is 11.8 Å². The molecule has 0 N–H and O–H groups in total. The van der Waals surface area contributed by atoms with E-state index >= 15 is 0 Å². The number of rotatable bonds is 2. The SMILES string of the molecule is CC(=O)N(C)c1ccc(N2CCCC2)c2c1C(=O)c1ccccc1C2=O. The molecule has 1 fully saturated rings. The highest BCUT2D eigenvalue weighted by Crippen LogP contribution is 2.39. The van der Waals surface area contributed by atoms with Crippen LogP contribution < -0.4 is 9.80 Å². The van der Waals surface area contributed by atoms with Gasteiger partial charge in [0.1, 0.15) is 0 Å². The molecule has 2 aromatic rings. The Hall–Kier alpha value is -2.95. The van der Waals surface area contributed by atoms with Crippen molar-refractivity contribution in [3.05, 3.63) is 58.7 Å². The number of fused-ring (bicyclic) bond motifs is 2. The average Bonchev–Trinajstić information content (AvgIpc) is 3.19. The second kappa shape index (κ2) is 6.09. The van der Waals surface area contributed by atoms with Crippen LogP contribution in [-0.4, -0.2) is 37.6 Å². The molecule has 26 heavy (non-hydrogen) atoms. The third-order valence-electron chi connectivity index (χ3n) is 5.31. The van der Waals surface area contributed by atoms with Crippen LogP contribution in [0.25, 0.3) is 0 Å². The maximum absolute atomic E-state index is 13.3. The number of hydrogen-bond donors (Lipinski definition) is 0. The van der Waals surface area contributed by atoms with E-state index in [0.717, 1.165) is 31.6 Å². The first kappa shape index (κ1) is 16.5. The Morgan fingerprint density at radius 2 is 1.50 bits per heavy atom. The van der Waals surface area contributed by atoms with Crippen LogP contribution in [-0.2, 0) is 4.79 Å². The summed E-state index contributed by atoms with van der Waals surface area (Å²) in [6.45, 7) is 3.19. The van der Waals surface area contributed by atoms with E-state index in [4.69, 9.17) is 0 Å². The normalized spacial score (nSPS) is 15.7. The summed E-state index contributed by atoms with van der Waals surface area (Å²) < 4.78 is 0. The van der Waals surface area contributed by atoms with E-state index in [-0.39, 0.29) is 17.5 Å². The molecule has 2 aliphatic rings. The fourth-order valence-corrected chi connectivity index (χ4v) is 3.86. The Labute approximate surface area is 152 Å². The van der Waals surface area contributed by atoms with E-state index in [1.807, 2.05) is 6.07 Å². The zero-order valence-electron chi connectivity index (χ0n) is 14.9. The Morgan fingerprint density at radius 3 is 2.08 bits per heavy atom. The van der Waals surface area contributed by atoms with Crippen LogP contribution in [0, 0.1) is 0 Å². The first-order valence-corrected chi connectivity index (χ1v) is 8.85. The van der Waals surface area contributed by atoms with Crippen molar-refractivity contribution in [1.29, 1.82) is 0 Å². The summed E-state index contributed by atoms with van der Waals surface area (Å²) in [5, 5.41) is 0. The minimum absolute atomic E-state index is 0.143. The molecule has 1 aliphatic carbocycles. The highest BCUT2D eigenvalue weighted by molar-refractivity contribution is 6.32. The zero-order valence-corrected chi connectivity index (χ0v) is 14.9. The van der Waals surface area contributed by atoms with Crippen molar-refractivity contribution in [2.24, 2.45) is 0 Å². The molecule has 0 spiro atoms. The third-order valence-corrected chi connectivity index (χ3v) is 5.31. The highest BCUT2D eigenvalue weighted by Gasteiger charge is 2.36. The van der Waals surface area contributed by atoms with Crippen LogP contribution in [0.1, 0.15) is 51.6 Å².